The highest BCUT2D eigenvalue weighted by atomic mass is 79.9. The summed E-state index contributed by atoms with van der Waals surface area (Å²) >= 11 is 3.01. The highest BCUT2D eigenvalue weighted by Gasteiger charge is 2.18. The summed E-state index contributed by atoms with van der Waals surface area (Å²) in [5.74, 6) is -0.863. The van der Waals surface area contributed by atoms with Crippen molar-refractivity contribution in [3.05, 3.63) is 28.6 Å². The normalized spacial score (nSPS) is 10.5. The zero-order chi connectivity index (χ0) is 11.0. The molecule has 0 aliphatic carbocycles. The van der Waals surface area contributed by atoms with Crippen LogP contribution in [-0.4, -0.2) is 10.3 Å². The number of aromatic nitrogens is 1. The van der Waals surface area contributed by atoms with Gasteiger partial charge in [0.05, 0.1) is 21.8 Å². The highest BCUT2D eigenvalue weighted by Crippen LogP contribution is 2.37. The molecule has 0 aliphatic rings. The van der Waals surface area contributed by atoms with Crippen LogP contribution in [-0.2, 0) is 0 Å². The van der Waals surface area contributed by atoms with E-state index in [4.69, 9.17) is 5.73 Å². The van der Waals surface area contributed by atoms with E-state index >= 15 is 0 Å². The molecule has 15 heavy (non-hydrogen) atoms. The summed E-state index contributed by atoms with van der Waals surface area (Å²) in [6, 6.07) is 2.76. The summed E-state index contributed by atoms with van der Waals surface area (Å²) in [6.07, 6.45) is 1.25. The SMILES string of the molecule is Nc1oncc1-c1c(O)ccc(Br)c1F. The lowest BCUT2D eigenvalue weighted by molar-refractivity contribution is 0.436. The maximum Gasteiger partial charge on any atom is 0.230 e. The third-order valence-electron chi connectivity index (χ3n) is 1.94. The van der Waals surface area contributed by atoms with Gasteiger partial charge in [0.1, 0.15) is 11.6 Å². The second kappa shape index (κ2) is 3.54. The number of phenolic OH excluding ortho intramolecular Hbond substituents is 1. The van der Waals surface area contributed by atoms with Crippen molar-refractivity contribution in [1.82, 2.24) is 5.16 Å². The fraction of sp³-hybridized carbons (Fsp3) is 0. The zero-order valence-corrected chi connectivity index (χ0v) is 8.95. The monoisotopic (exact) mass is 272 g/mol. The van der Waals surface area contributed by atoms with Gasteiger partial charge in [-0.1, -0.05) is 5.16 Å². The van der Waals surface area contributed by atoms with Crippen molar-refractivity contribution >= 4 is 21.8 Å². The van der Waals surface area contributed by atoms with Crippen LogP contribution in [0.4, 0.5) is 10.3 Å². The van der Waals surface area contributed by atoms with E-state index < -0.39 is 5.82 Å². The number of rotatable bonds is 1. The molecule has 0 amide bonds. The molecule has 0 saturated carbocycles. The summed E-state index contributed by atoms with van der Waals surface area (Å²) < 4.78 is 18.5. The van der Waals surface area contributed by atoms with E-state index in [1.165, 1.54) is 18.3 Å². The second-order valence-corrected chi connectivity index (χ2v) is 3.71. The van der Waals surface area contributed by atoms with Gasteiger partial charge in [0.2, 0.25) is 5.88 Å². The fourth-order valence-corrected chi connectivity index (χ4v) is 1.56. The Morgan fingerprint density at radius 2 is 2.20 bits per heavy atom. The van der Waals surface area contributed by atoms with Crippen LogP contribution < -0.4 is 5.73 Å². The summed E-state index contributed by atoms with van der Waals surface area (Å²) in [6.45, 7) is 0. The Hall–Kier alpha value is -1.56. The Morgan fingerprint density at radius 3 is 2.80 bits per heavy atom. The minimum Gasteiger partial charge on any atom is -0.507 e. The Morgan fingerprint density at radius 1 is 1.47 bits per heavy atom. The molecule has 1 heterocycles. The van der Waals surface area contributed by atoms with Crippen molar-refractivity contribution in [1.29, 1.82) is 0 Å². The van der Waals surface area contributed by atoms with Gasteiger partial charge >= 0.3 is 0 Å². The lowest BCUT2D eigenvalue weighted by atomic mass is 10.1. The lowest BCUT2D eigenvalue weighted by Gasteiger charge is -2.05. The average molecular weight is 273 g/mol. The second-order valence-electron chi connectivity index (χ2n) is 2.86. The number of nitrogen functional groups attached to an aromatic ring is 1. The Balaban J connectivity index is 2.72. The van der Waals surface area contributed by atoms with E-state index in [9.17, 15) is 9.50 Å². The molecule has 0 unspecified atom stereocenters. The van der Waals surface area contributed by atoms with Crippen LogP contribution in [0, 0.1) is 5.82 Å². The predicted molar refractivity (Wildman–Crippen MR) is 55.7 cm³/mol. The van der Waals surface area contributed by atoms with Crippen molar-refractivity contribution in [2.75, 3.05) is 5.73 Å². The Labute approximate surface area is 92.6 Å². The van der Waals surface area contributed by atoms with Gasteiger partial charge in [0.25, 0.3) is 0 Å². The van der Waals surface area contributed by atoms with Crippen molar-refractivity contribution in [2.45, 2.75) is 0 Å². The molecule has 1 aromatic heterocycles. The Bertz CT molecular complexity index is 513. The maximum atomic E-state index is 13.7. The molecule has 3 N–H and O–H groups in total. The van der Waals surface area contributed by atoms with Crippen LogP contribution in [0.15, 0.2) is 27.3 Å². The van der Waals surface area contributed by atoms with Gasteiger partial charge < -0.3 is 15.4 Å². The van der Waals surface area contributed by atoms with E-state index in [-0.39, 0.29) is 27.2 Å². The first-order valence-corrected chi connectivity index (χ1v) is 4.78. The van der Waals surface area contributed by atoms with E-state index in [0.717, 1.165) is 0 Å². The van der Waals surface area contributed by atoms with Crippen molar-refractivity contribution in [3.8, 4) is 16.9 Å². The molecule has 6 heteroatoms. The number of benzene rings is 1. The summed E-state index contributed by atoms with van der Waals surface area (Å²) in [7, 11) is 0. The minimum atomic E-state index is -0.607. The van der Waals surface area contributed by atoms with E-state index in [1.54, 1.807) is 0 Å². The molecule has 2 aromatic rings. The van der Waals surface area contributed by atoms with Gasteiger partial charge in [-0.05, 0) is 28.1 Å². The average Bonchev–Trinajstić information content (AvgIpc) is 2.60. The van der Waals surface area contributed by atoms with Crippen molar-refractivity contribution in [3.63, 3.8) is 0 Å². The molecular formula is C9H6BrFN2O2. The predicted octanol–water partition coefficient (Wildman–Crippen LogP) is 2.53. The van der Waals surface area contributed by atoms with Gasteiger partial charge in [-0.25, -0.2) is 4.39 Å². The summed E-state index contributed by atoms with van der Waals surface area (Å²) in [4.78, 5) is 0. The largest absolute Gasteiger partial charge is 0.507 e. The third kappa shape index (κ3) is 1.56. The van der Waals surface area contributed by atoms with Crippen LogP contribution in [0.5, 0.6) is 5.75 Å². The minimum absolute atomic E-state index is 0.0249. The molecule has 4 nitrogen and oxygen atoms in total. The van der Waals surface area contributed by atoms with Gasteiger partial charge in [-0.3, -0.25) is 0 Å². The number of hydrogen-bond acceptors (Lipinski definition) is 4. The van der Waals surface area contributed by atoms with E-state index in [2.05, 4.69) is 25.6 Å². The summed E-state index contributed by atoms with van der Waals surface area (Å²) in [5, 5.41) is 12.9. The molecule has 0 spiro atoms. The number of aromatic hydroxyl groups is 1. The molecule has 1 aromatic carbocycles. The van der Waals surface area contributed by atoms with Gasteiger partial charge in [0, 0.05) is 0 Å². The lowest BCUT2D eigenvalue weighted by Crippen LogP contribution is -1.90. The van der Waals surface area contributed by atoms with Gasteiger partial charge in [0.15, 0.2) is 0 Å². The van der Waals surface area contributed by atoms with Gasteiger partial charge in [-0.15, -0.1) is 0 Å². The molecule has 0 aliphatic heterocycles. The molecule has 0 saturated heterocycles. The van der Waals surface area contributed by atoms with E-state index in [0.29, 0.717) is 0 Å². The molecule has 0 radical (unpaired) electrons. The van der Waals surface area contributed by atoms with Crippen LogP contribution in [0.25, 0.3) is 11.1 Å². The van der Waals surface area contributed by atoms with Crippen LogP contribution in [0.2, 0.25) is 0 Å². The van der Waals surface area contributed by atoms with Crippen LogP contribution in [0.3, 0.4) is 0 Å². The first kappa shape index (κ1) is 9.97. The smallest absolute Gasteiger partial charge is 0.230 e. The van der Waals surface area contributed by atoms with Gasteiger partial charge in [-0.2, -0.15) is 0 Å². The fourth-order valence-electron chi connectivity index (χ4n) is 1.23. The first-order chi connectivity index (χ1) is 7.11. The first-order valence-electron chi connectivity index (χ1n) is 3.98. The van der Waals surface area contributed by atoms with Crippen LogP contribution >= 0.6 is 15.9 Å². The highest BCUT2D eigenvalue weighted by molar-refractivity contribution is 9.10. The van der Waals surface area contributed by atoms with E-state index in [1.807, 2.05) is 0 Å². The molecular weight excluding hydrogens is 267 g/mol. The zero-order valence-electron chi connectivity index (χ0n) is 7.37. The quantitative estimate of drug-likeness (QED) is 0.837. The topological polar surface area (TPSA) is 72.3 Å². The number of hydrogen-bond donors (Lipinski definition) is 2. The Kier molecular flexibility index (Phi) is 2.36. The third-order valence-corrected chi connectivity index (χ3v) is 2.55. The molecule has 2 rings (SSSR count). The van der Waals surface area contributed by atoms with Crippen molar-refractivity contribution < 1.29 is 14.0 Å². The molecule has 78 valence electrons. The number of phenols is 1. The molecule has 0 fully saturated rings. The number of nitrogens with zero attached hydrogens (tertiary/aromatic N) is 1. The molecule has 0 atom stereocenters. The van der Waals surface area contributed by atoms with Crippen LogP contribution in [0.1, 0.15) is 0 Å². The number of nitrogens with two attached hydrogens (primary N) is 1. The number of halogens is 2. The van der Waals surface area contributed by atoms with Crippen molar-refractivity contribution in [2.24, 2.45) is 0 Å². The standard InChI is InChI=1S/C9H6BrFN2O2/c10-5-1-2-6(14)7(8(5)11)4-3-13-15-9(4)12/h1-3,14H,12H2. The molecule has 0 bridgehead atoms. The maximum absolute atomic E-state index is 13.7. The number of anilines is 1. The summed E-state index contributed by atoms with van der Waals surface area (Å²) in [5.41, 5.74) is 5.64.